The van der Waals surface area contributed by atoms with Gasteiger partial charge in [0.15, 0.2) is 11.3 Å². The number of hydrogen-bond donors (Lipinski definition) is 1. The molecule has 7 rings (SSSR count). The highest BCUT2D eigenvalue weighted by Gasteiger charge is 2.47. The van der Waals surface area contributed by atoms with Gasteiger partial charge in [-0.2, -0.15) is 10.2 Å². The fourth-order valence-corrected chi connectivity index (χ4v) is 5.10. The molecule has 0 unspecified atom stereocenters. The molecule has 1 atom stereocenters. The van der Waals surface area contributed by atoms with Crippen LogP contribution >= 0.6 is 0 Å². The van der Waals surface area contributed by atoms with Crippen LogP contribution < -0.4 is 10.5 Å². The maximum Gasteiger partial charge on any atom is 0.283 e. The molecule has 0 saturated heterocycles. The van der Waals surface area contributed by atoms with Crippen molar-refractivity contribution in [3.8, 4) is 45.0 Å². The quantitative estimate of drug-likeness (QED) is 0.406. The Labute approximate surface area is 212 Å². The summed E-state index contributed by atoms with van der Waals surface area (Å²) in [7, 11) is 3.79. The summed E-state index contributed by atoms with van der Waals surface area (Å²) in [6, 6.07) is 16.7. The summed E-state index contributed by atoms with van der Waals surface area (Å²) >= 11 is 0. The number of hydrogen-bond acceptors (Lipinski definition) is 7. The summed E-state index contributed by atoms with van der Waals surface area (Å²) in [6.07, 6.45) is 9.32. The molecule has 182 valence electrons. The number of fused-ring (bicyclic) bond motifs is 4. The lowest BCUT2D eigenvalue weighted by atomic mass is 9.80. The second-order valence-electron chi connectivity index (χ2n) is 9.36. The lowest BCUT2D eigenvalue weighted by Gasteiger charge is -2.33. The molecule has 2 aliphatic heterocycles. The monoisotopic (exact) mass is 489 g/mol. The van der Waals surface area contributed by atoms with Gasteiger partial charge in [0.2, 0.25) is 0 Å². The molecule has 37 heavy (non-hydrogen) atoms. The van der Waals surface area contributed by atoms with Crippen molar-refractivity contribution in [2.24, 2.45) is 24.8 Å². The number of pyridine rings is 1. The largest absolute Gasteiger partial charge is 0.462 e. The highest BCUT2D eigenvalue weighted by molar-refractivity contribution is 5.79. The third-order valence-electron chi connectivity index (χ3n) is 6.92. The first-order valence-corrected chi connectivity index (χ1v) is 11.9. The van der Waals surface area contributed by atoms with Crippen LogP contribution in [0.1, 0.15) is 11.1 Å². The Bertz CT molecular complexity index is 1720. The highest BCUT2D eigenvalue weighted by Crippen LogP contribution is 2.52. The summed E-state index contributed by atoms with van der Waals surface area (Å²) in [5, 5.41) is 8.59. The van der Waals surface area contributed by atoms with E-state index >= 15 is 0 Å². The van der Waals surface area contributed by atoms with Crippen molar-refractivity contribution in [1.82, 2.24) is 24.5 Å². The Kier molecular flexibility index (Phi) is 4.50. The first-order valence-electron chi connectivity index (χ1n) is 11.9. The van der Waals surface area contributed by atoms with Crippen LogP contribution in [-0.4, -0.2) is 37.2 Å². The van der Waals surface area contributed by atoms with Gasteiger partial charge in [-0.1, -0.05) is 24.3 Å². The van der Waals surface area contributed by atoms with Crippen molar-refractivity contribution in [2.75, 3.05) is 6.61 Å². The zero-order valence-corrected chi connectivity index (χ0v) is 20.3. The molecular formula is C28H23N7O2. The first-order chi connectivity index (χ1) is 18.0. The summed E-state index contributed by atoms with van der Waals surface area (Å²) in [6.45, 7) is 0.276. The van der Waals surface area contributed by atoms with Gasteiger partial charge in [0.05, 0.1) is 24.3 Å². The minimum Gasteiger partial charge on any atom is -0.462 e. The third kappa shape index (κ3) is 3.39. The van der Waals surface area contributed by atoms with Gasteiger partial charge >= 0.3 is 0 Å². The van der Waals surface area contributed by atoms with Gasteiger partial charge < -0.3 is 15.2 Å². The van der Waals surface area contributed by atoms with Crippen LogP contribution in [0.3, 0.4) is 0 Å². The average molecular weight is 490 g/mol. The second-order valence-corrected chi connectivity index (χ2v) is 9.36. The molecular weight excluding hydrogens is 466 g/mol. The number of amidine groups is 1. The third-order valence-corrected chi connectivity index (χ3v) is 6.92. The number of aromatic nitrogens is 5. The summed E-state index contributed by atoms with van der Waals surface area (Å²) in [5.41, 5.74) is 13.0. The van der Waals surface area contributed by atoms with Gasteiger partial charge in [0.1, 0.15) is 12.4 Å². The van der Waals surface area contributed by atoms with Gasteiger partial charge in [-0.15, -0.1) is 0 Å². The Morgan fingerprint density at radius 2 is 1.49 bits per heavy atom. The molecule has 5 heterocycles. The van der Waals surface area contributed by atoms with E-state index in [1.54, 1.807) is 21.8 Å². The van der Waals surface area contributed by atoms with Crippen LogP contribution in [0.2, 0.25) is 0 Å². The fraction of sp³-hybridized carbons (Fsp3) is 0.143. The average Bonchev–Trinajstić information content (AvgIpc) is 3.65. The van der Waals surface area contributed by atoms with Crippen molar-refractivity contribution < 1.29 is 9.47 Å². The number of benzene rings is 2. The molecule has 0 radical (unpaired) electrons. The van der Waals surface area contributed by atoms with Crippen molar-refractivity contribution in [2.45, 2.75) is 5.54 Å². The van der Waals surface area contributed by atoms with Gasteiger partial charge in [-0.05, 0) is 41.0 Å². The molecule has 2 aliphatic rings. The fourth-order valence-electron chi connectivity index (χ4n) is 5.10. The van der Waals surface area contributed by atoms with E-state index in [-0.39, 0.29) is 12.6 Å². The van der Waals surface area contributed by atoms with E-state index in [0.29, 0.717) is 11.5 Å². The number of aryl methyl sites for hydroxylation is 2. The van der Waals surface area contributed by atoms with Crippen LogP contribution in [0.4, 0.5) is 0 Å². The summed E-state index contributed by atoms with van der Waals surface area (Å²) in [4.78, 5) is 9.46. The number of nitrogens with zero attached hydrogens (tertiary/aromatic N) is 6. The van der Waals surface area contributed by atoms with E-state index in [9.17, 15) is 0 Å². The number of rotatable bonds is 3. The van der Waals surface area contributed by atoms with Crippen LogP contribution in [0.25, 0.3) is 33.5 Å². The van der Waals surface area contributed by atoms with E-state index in [2.05, 4.69) is 51.6 Å². The van der Waals surface area contributed by atoms with Gasteiger partial charge in [0.25, 0.3) is 6.02 Å². The number of ether oxygens (including phenoxy) is 2. The summed E-state index contributed by atoms with van der Waals surface area (Å²) < 4.78 is 15.6. The van der Waals surface area contributed by atoms with E-state index in [1.807, 2.05) is 44.8 Å². The van der Waals surface area contributed by atoms with Crippen molar-refractivity contribution in [3.05, 3.63) is 90.6 Å². The molecule has 0 fully saturated rings. The molecule has 5 aromatic rings. The van der Waals surface area contributed by atoms with E-state index in [4.69, 9.17) is 20.2 Å². The van der Waals surface area contributed by atoms with E-state index < -0.39 is 5.54 Å². The summed E-state index contributed by atoms with van der Waals surface area (Å²) in [5.74, 6) is 1.34. The molecule has 2 N–H and O–H groups in total. The molecule has 1 spiro atoms. The molecule has 0 saturated carbocycles. The van der Waals surface area contributed by atoms with Crippen LogP contribution in [0.15, 0.2) is 84.5 Å². The Balaban J connectivity index is 1.37. The van der Waals surface area contributed by atoms with Gasteiger partial charge in [0, 0.05) is 48.7 Å². The van der Waals surface area contributed by atoms with Crippen LogP contribution in [-0.2, 0) is 24.4 Å². The van der Waals surface area contributed by atoms with E-state index in [1.165, 1.54) is 0 Å². The topological polar surface area (TPSA) is 105 Å². The molecule has 2 aromatic carbocycles. The zero-order chi connectivity index (χ0) is 25.1. The maximum absolute atomic E-state index is 6.32. The standard InChI is InChI=1S/C28H23N7O2/c1-34-14-20(11-31-34)18-5-3-4-17(8-18)19-6-7-25-22(9-19)28(16-36-27(29)33-28)23-10-24(30-13-26(23)37-25)21-12-32-35(2)15-21/h3-15H,16H2,1-2H3,(H2,29,33)/t28-/m0/s1. The van der Waals surface area contributed by atoms with Gasteiger partial charge in [-0.3, -0.25) is 14.3 Å². The minimum absolute atomic E-state index is 0.155. The van der Waals surface area contributed by atoms with Crippen molar-refractivity contribution in [3.63, 3.8) is 0 Å². The van der Waals surface area contributed by atoms with Gasteiger partial charge in [-0.25, -0.2) is 4.99 Å². The molecule has 0 aliphatic carbocycles. The van der Waals surface area contributed by atoms with E-state index in [0.717, 1.165) is 44.6 Å². The van der Waals surface area contributed by atoms with Crippen molar-refractivity contribution in [1.29, 1.82) is 0 Å². The maximum atomic E-state index is 6.32. The Hall–Kier alpha value is -4.92. The van der Waals surface area contributed by atoms with Crippen molar-refractivity contribution >= 4 is 6.02 Å². The first kappa shape index (κ1) is 21.4. The normalized spacial score (nSPS) is 17.6. The lowest BCUT2D eigenvalue weighted by molar-refractivity contribution is 0.264. The second kappa shape index (κ2) is 7.79. The Morgan fingerprint density at radius 1 is 0.784 bits per heavy atom. The van der Waals surface area contributed by atoms with Crippen LogP contribution in [0.5, 0.6) is 11.5 Å². The number of aliphatic imine (C=N–C) groups is 1. The molecule has 0 bridgehead atoms. The SMILES string of the molecule is Cn1cc(-c2cccc(-c3ccc4c(c3)[C@@]3(COC(N)=N3)c3cc(-c5cnn(C)c5)ncc3O4)c2)cn1. The predicted molar refractivity (Wildman–Crippen MR) is 139 cm³/mol. The Morgan fingerprint density at radius 3 is 2.19 bits per heavy atom. The molecule has 9 nitrogen and oxygen atoms in total. The smallest absolute Gasteiger partial charge is 0.283 e. The number of nitrogens with two attached hydrogens (primary N) is 1. The molecule has 0 amide bonds. The lowest BCUT2D eigenvalue weighted by Crippen LogP contribution is -2.31. The zero-order valence-electron chi connectivity index (χ0n) is 20.3. The van der Waals surface area contributed by atoms with Crippen LogP contribution in [0, 0.1) is 0 Å². The molecule has 9 heteroatoms. The molecule has 3 aromatic heterocycles. The highest BCUT2D eigenvalue weighted by atomic mass is 16.5. The predicted octanol–water partition coefficient (Wildman–Crippen LogP) is 4.24. The minimum atomic E-state index is -0.843.